The maximum Gasteiger partial charge on any atom is 0.202 e. The Bertz CT molecular complexity index is 841. The Morgan fingerprint density at radius 2 is 2.28 bits per heavy atom. The Morgan fingerprint density at radius 1 is 1.48 bits per heavy atom. The van der Waals surface area contributed by atoms with Gasteiger partial charge in [-0.1, -0.05) is 6.07 Å². The van der Waals surface area contributed by atoms with Gasteiger partial charge in [0, 0.05) is 18.4 Å². The summed E-state index contributed by atoms with van der Waals surface area (Å²) in [5, 5.41) is 22.2. The number of piperidine rings is 1. The van der Waals surface area contributed by atoms with Gasteiger partial charge in [0.15, 0.2) is 23.4 Å². The molecule has 1 spiro atoms. The highest BCUT2D eigenvalue weighted by atomic mass is 35.5. The van der Waals surface area contributed by atoms with Crippen LogP contribution in [-0.2, 0) is 20.9 Å². The molecule has 1 unspecified atom stereocenters. The number of benzene rings is 1. The van der Waals surface area contributed by atoms with Gasteiger partial charge in [0.1, 0.15) is 11.6 Å². The van der Waals surface area contributed by atoms with Gasteiger partial charge in [0.05, 0.1) is 30.9 Å². The highest BCUT2D eigenvalue weighted by molar-refractivity contribution is 6.07. The van der Waals surface area contributed by atoms with Crippen LogP contribution in [0.15, 0.2) is 24.3 Å². The third-order valence-electron chi connectivity index (χ3n) is 6.86. The van der Waals surface area contributed by atoms with Crippen molar-refractivity contribution in [2.75, 3.05) is 20.3 Å². The zero-order valence-electron chi connectivity index (χ0n) is 13.7. The molecule has 25 heavy (non-hydrogen) atoms. The number of quaternary nitrogens is 1. The first kappa shape index (κ1) is 15.6. The molecule has 0 aromatic heterocycles. The monoisotopic (exact) mass is 364 g/mol. The Kier molecular flexibility index (Phi) is 2.86. The lowest BCUT2D eigenvalue weighted by atomic mass is 9.50. The number of hydrogen-bond donors (Lipinski definition) is 2. The third kappa shape index (κ3) is 1.56. The third-order valence-corrected chi connectivity index (χ3v) is 6.96. The summed E-state index contributed by atoms with van der Waals surface area (Å²) in [5.41, 5.74) is -0.325. The lowest BCUT2D eigenvalue weighted by Crippen LogP contribution is -2.79. The molecule has 0 amide bonds. The van der Waals surface area contributed by atoms with Crippen LogP contribution in [0, 0.1) is 0 Å². The SMILES string of the molecule is C[N@@+]1(COCl)CC[C@]23c4c5ccc(O)c4O[C@H]2C(=O)C=C[C@@]3(O)C1C5. The highest BCUT2D eigenvalue weighted by Crippen LogP contribution is 2.64. The number of carbonyl (C=O) groups excluding carboxylic acids is 1. The number of halogens is 1. The van der Waals surface area contributed by atoms with Gasteiger partial charge in [-0.15, -0.1) is 0 Å². The van der Waals surface area contributed by atoms with Crippen molar-refractivity contribution in [1.82, 2.24) is 0 Å². The van der Waals surface area contributed by atoms with E-state index in [4.69, 9.17) is 20.9 Å². The van der Waals surface area contributed by atoms with Crippen LogP contribution in [0.5, 0.6) is 11.5 Å². The molecule has 5 atom stereocenters. The fraction of sp³-hybridized carbons (Fsp3) is 0.500. The van der Waals surface area contributed by atoms with Crippen molar-refractivity contribution in [1.29, 1.82) is 0 Å². The first-order chi connectivity index (χ1) is 11.9. The van der Waals surface area contributed by atoms with Crippen LogP contribution in [0.2, 0.25) is 0 Å². The molecule has 1 aromatic rings. The van der Waals surface area contributed by atoms with Gasteiger partial charge in [0.2, 0.25) is 6.73 Å². The number of aromatic hydroxyl groups is 1. The van der Waals surface area contributed by atoms with E-state index in [-0.39, 0.29) is 24.3 Å². The summed E-state index contributed by atoms with van der Waals surface area (Å²) in [4.78, 5) is 12.6. The van der Waals surface area contributed by atoms with Crippen LogP contribution in [0.4, 0.5) is 0 Å². The van der Waals surface area contributed by atoms with Gasteiger partial charge in [-0.25, -0.2) is 4.29 Å². The Labute approximate surface area is 150 Å². The molecule has 0 saturated carbocycles. The lowest BCUT2D eigenvalue weighted by molar-refractivity contribution is -0.961. The van der Waals surface area contributed by atoms with E-state index in [9.17, 15) is 15.0 Å². The number of hydrogen-bond acceptors (Lipinski definition) is 5. The standard InChI is InChI=1S/C18H18ClNO5/c1-20(9-24-19)7-6-17-14-10-2-3-11(21)15(14)25-16(17)12(22)4-5-18(17,23)13(20)8-10/h2-5,13,16,23H,6-9H2,1H3/p+1/t13?,16-,17-,18+,20-/m0/s1. The van der Waals surface area contributed by atoms with Crippen molar-refractivity contribution < 1.29 is 28.5 Å². The molecule has 2 N–H and O–H groups in total. The van der Waals surface area contributed by atoms with Crippen molar-refractivity contribution in [2.24, 2.45) is 0 Å². The molecule has 2 aliphatic heterocycles. The summed E-state index contributed by atoms with van der Waals surface area (Å²) >= 11 is 5.58. The number of nitrogens with zero attached hydrogens (tertiary/aromatic N) is 1. The number of phenols is 1. The van der Waals surface area contributed by atoms with E-state index in [0.29, 0.717) is 29.6 Å². The highest BCUT2D eigenvalue weighted by Gasteiger charge is 2.75. The Hall–Kier alpha value is -1.60. The summed E-state index contributed by atoms with van der Waals surface area (Å²) in [7, 11) is 2.01. The average molecular weight is 365 g/mol. The van der Waals surface area contributed by atoms with Gasteiger partial charge >= 0.3 is 0 Å². The summed E-state index contributed by atoms with van der Waals surface area (Å²) < 4.78 is 11.3. The minimum absolute atomic E-state index is 0.0167. The molecule has 5 rings (SSSR count). The molecule has 2 heterocycles. The molecule has 6 nitrogen and oxygen atoms in total. The van der Waals surface area contributed by atoms with Crippen LogP contribution in [-0.4, -0.2) is 58.5 Å². The van der Waals surface area contributed by atoms with E-state index < -0.39 is 17.1 Å². The van der Waals surface area contributed by atoms with Crippen LogP contribution in [0.3, 0.4) is 0 Å². The fourth-order valence-corrected chi connectivity index (χ4v) is 5.90. The van der Waals surface area contributed by atoms with Gasteiger partial charge in [-0.3, -0.25) is 9.28 Å². The first-order valence-corrected chi connectivity index (χ1v) is 8.73. The van der Waals surface area contributed by atoms with E-state index in [1.54, 1.807) is 12.1 Å². The van der Waals surface area contributed by atoms with E-state index in [1.807, 2.05) is 13.1 Å². The van der Waals surface area contributed by atoms with E-state index >= 15 is 0 Å². The number of aliphatic hydroxyl groups is 1. The van der Waals surface area contributed by atoms with Crippen molar-refractivity contribution in [3.63, 3.8) is 0 Å². The number of ketones is 1. The van der Waals surface area contributed by atoms with Gasteiger partial charge < -0.3 is 14.9 Å². The van der Waals surface area contributed by atoms with Crippen LogP contribution < -0.4 is 4.74 Å². The van der Waals surface area contributed by atoms with Gasteiger partial charge in [-0.05, 0) is 23.8 Å². The van der Waals surface area contributed by atoms with E-state index in [0.717, 1.165) is 11.1 Å². The summed E-state index contributed by atoms with van der Waals surface area (Å²) in [6.07, 6.45) is 3.37. The summed E-state index contributed by atoms with van der Waals surface area (Å²) in [6, 6.07) is 3.25. The number of likely N-dealkylation sites (N-methyl/N-ethyl adjacent to an activating group) is 1. The minimum Gasteiger partial charge on any atom is -0.504 e. The molecular weight excluding hydrogens is 346 g/mol. The maximum atomic E-state index is 12.6. The quantitative estimate of drug-likeness (QED) is 0.770. The van der Waals surface area contributed by atoms with Crippen LogP contribution in [0.1, 0.15) is 17.5 Å². The predicted octanol–water partition coefficient (Wildman–Crippen LogP) is 1.16. The molecule has 132 valence electrons. The van der Waals surface area contributed by atoms with Crippen molar-refractivity contribution in [3.05, 3.63) is 35.4 Å². The Morgan fingerprint density at radius 3 is 3.04 bits per heavy atom. The number of likely N-dealkylation sites (tertiary alicyclic amines) is 1. The average Bonchev–Trinajstić information content (AvgIpc) is 2.93. The number of ether oxygens (including phenoxy) is 1. The van der Waals surface area contributed by atoms with Crippen LogP contribution >= 0.6 is 11.9 Å². The molecular formula is C18H19ClNO5+. The first-order valence-electron chi connectivity index (χ1n) is 8.42. The zero-order chi connectivity index (χ0) is 17.6. The predicted molar refractivity (Wildman–Crippen MR) is 88.3 cm³/mol. The topological polar surface area (TPSA) is 76.0 Å². The molecule has 2 bridgehead atoms. The largest absolute Gasteiger partial charge is 0.504 e. The number of carbonyl (C=O) groups is 1. The van der Waals surface area contributed by atoms with Crippen LogP contribution in [0.25, 0.3) is 0 Å². The Balaban J connectivity index is 1.83. The molecule has 7 heteroatoms. The van der Waals surface area contributed by atoms with Gasteiger partial charge in [-0.2, -0.15) is 0 Å². The smallest absolute Gasteiger partial charge is 0.202 e. The van der Waals surface area contributed by atoms with E-state index in [1.165, 1.54) is 6.08 Å². The van der Waals surface area contributed by atoms with Crippen molar-refractivity contribution in [2.45, 2.75) is 36.0 Å². The fourth-order valence-electron chi connectivity index (χ4n) is 5.67. The zero-order valence-corrected chi connectivity index (χ0v) is 14.5. The maximum absolute atomic E-state index is 12.6. The molecule has 1 aromatic carbocycles. The molecule has 4 aliphatic rings. The second-order valence-electron chi connectivity index (χ2n) is 7.89. The number of phenolic OH excluding ortho intramolecular Hbond substituents is 1. The summed E-state index contributed by atoms with van der Waals surface area (Å²) in [5.74, 6) is 0.195. The molecule has 0 radical (unpaired) electrons. The van der Waals surface area contributed by atoms with Crippen molar-refractivity contribution in [3.8, 4) is 11.5 Å². The van der Waals surface area contributed by atoms with Gasteiger partial charge in [0.25, 0.3) is 0 Å². The van der Waals surface area contributed by atoms with E-state index in [2.05, 4.69) is 0 Å². The normalized spacial score (nSPS) is 42.9. The molecule has 1 fully saturated rings. The molecule has 2 aliphatic carbocycles. The minimum atomic E-state index is -1.26. The summed E-state index contributed by atoms with van der Waals surface area (Å²) in [6.45, 7) is 0.952. The lowest BCUT2D eigenvalue weighted by Gasteiger charge is -2.62. The number of rotatable bonds is 2. The second-order valence-corrected chi connectivity index (χ2v) is 8.11. The second kappa shape index (κ2) is 4.57. The van der Waals surface area contributed by atoms with Crippen molar-refractivity contribution >= 4 is 17.6 Å². The molecule has 1 saturated heterocycles.